The molecule has 12 nitrogen and oxygen atoms in total. The summed E-state index contributed by atoms with van der Waals surface area (Å²) in [7, 11) is 0. The smallest absolute Gasteiger partial charge is 0.343 e. The molecule has 0 aromatic rings. The Labute approximate surface area is 189 Å². The third-order valence-electron chi connectivity index (χ3n) is 6.34. The normalized spacial score (nSPS) is 26.6. The highest BCUT2D eigenvalue weighted by atomic mass is 16.3. The Kier molecular flexibility index (Phi) is 9.97. The highest BCUT2D eigenvalue weighted by molar-refractivity contribution is 5.81. The van der Waals surface area contributed by atoms with Crippen LogP contribution in [0.25, 0.3) is 0 Å². The fourth-order valence-electron chi connectivity index (χ4n) is 4.36. The molecule has 0 radical (unpaired) electrons. The van der Waals surface area contributed by atoms with Crippen LogP contribution in [0.1, 0.15) is 51.4 Å². The number of carbonyl (C=O) groups excluding carboxylic acids is 2. The maximum Gasteiger partial charge on any atom is 0.343 e. The SMILES string of the molecule is NC(N)=NCCC[C@H](N)C(=O)NCC1CCC(C(=O)N[C@H]2CCC[N+](=C(N)N)C2O)CC1. The zero-order valence-electron chi connectivity index (χ0n) is 18.7. The van der Waals surface area contributed by atoms with E-state index in [1.54, 1.807) is 0 Å². The van der Waals surface area contributed by atoms with Crippen LogP contribution < -0.4 is 39.3 Å². The summed E-state index contributed by atoms with van der Waals surface area (Å²) in [5.74, 6) is 0.0920. The molecule has 2 rings (SSSR count). The van der Waals surface area contributed by atoms with Gasteiger partial charge in [-0.15, -0.1) is 0 Å². The maximum absolute atomic E-state index is 12.7. The number of nitrogens with one attached hydrogen (secondary N) is 2. The number of guanidine groups is 2. The van der Waals surface area contributed by atoms with Crippen molar-refractivity contribution in [3.05, 3.63) is 0 Å². The summed E-state index contributed by atoms with van der Waals surface area (Å²) in [5, 5.41) is 16.3. The van der Waals surface area contributed by atoms with Gasteiger partial charge in [-0.2, -0.15) is 0 Å². The minimum atomic E-state index is -0.909. The molecule has 2 fully saturated rings. The molecular formula is C20H40N9O3+. The van der Waals surface area contributed by atoms with Crippen LogP contribution >= 0.6 is 0 Å². The monoisotopic (exact) mass is 454 g/mol. The van der Waals surface area contributed by atoms with Crippen molar-refractivity contribution in [3.8, 4) is 0 Å². The molecule has 1 saturated carbocycles. The lowest BCUT2D eigenvalue weighted by molar-refractivity contribution is -0.623. The molecule has 3 atom stereocenters. The number of piperidine rings is 1. The number of rotatable bonds is 9. The van der Waals surface area contributed by atoms with Crippen molar-refractivity contribution in [2.45, 2.75) is 69.7 Å². The highest BCUT2D eigenvalue weighted by Crippen LogP contribution is 2.29. The molecule has 12 heteroatoms. The van der Waals surface area contributed by atoms with E-state index in [1.165, 1.54) is 4.58 Å². The quantitative estimate of drug-likeness (QED) is 0.0782. The van der Waals surface area contributed by atoms with Crippen LogP contribution in [0.4, 0.5) is 0 Å². The van der Waals surface area contributed by atoms with Crippen LogP contribution in [-0.4, -0.2) is 71.4 Å². The lowest BCUT2D eigenvalue weighted by Crippen LogP contribution is -2.56. The standard InChI is InChI=1S/C20H39N9O3/c21-14(3-1-9-26-19(22)23)17(31)27-11-12-5-7-13(8-6-12)16(30)28-15-4-2-10-29(18(15)32)20(24)25/h12-15,18,32H,1-11,21H2,(H9,22,23,24,25,26,27,28,30,31)/p+1/t12?,13?,14-,15-,18?/m0/s1. The third-order valence-corrected chi connectivity index (χ3v) is 6.34. The predicted molar refractivity (Wildman–Crippen MR) is 122 cm³/mol. The molecular weight excluding hydrogens is 414 g/mol. The average Bonchev–Trinajstić information content (AvgIpc) is 2.76. The van der Waals surface area contributed by atoms with E-state index in [4.69, 9.17) is 28.7 Å². The number of aliphatic hydroxyl groups excluding tert-OH is 1. The molecule has 0 aromatic carbocycles. The van der Waals surface area contributed by atoms with Gasteiger partial charge in [0.25, 0.3) is 0 Å². The summed E-state index contributed by atoms with van der Waals surface area (Å²) in [6.07, 6.45) is 4.90. The Hall–Kier alpha value is -2.60. The summed E-state index contributed by atoms with van der Waals surface area (Å²) in [6, 6.07) is -0.976. The summed E-state index contributed by atoms with van der Waals surface area (Å²) < 4.78 is 1.51. The zero-order chi connectivity index (χ0) is 23.7. The van der Waals surface area contributed by atoms with Crippen molar-refractivity contribution in [2.75, 3.05) is 19.6 Å². The molecule has 1 saturated heterocycles. The summed E-state index contributed by atoms with van der Waals surface area (Å²) >= 11 is 0. The molecule has 0 bridgehead atoms. The molecule has 13 N–H and O–H groups in total. The Balaban J connectivity index is 1.68. The molecule has 2 aliphatic rings. The molecule has 1 unspecified atom stereocenters. The summed E-state index contributed by atoms with van der Waals surface area (Å²) in [6.45, 7) is 1.58. The molecule has 182 valence electrons. The number of hydrogen-bond donors (Lipinski definition) is 8. The van der Waals surface area contributed by atoms with Crippen molar-refractivity contribution < 1.29 is 19.3 Å². The van der Waals surface area contributed by atoms with Gasteiger partial charge in [0.1, 0.15) is 0 Å². The van der Waals surface area contributed by atoms with E-state index in [-0.39, 0.29) is 35.7 Å². The molecule has 1 heterocycles. The summed E-state index contributed by atoms with van der Waals surface area (Å²) in [5.41, 5.74) is 27.7. The van der Waals surface area contributed by atoms with Crippen LogP contribution in [0, 0.1) is 11.8 Å². The van der Waals surface area contributed by atoms with Gasteiger partial charge in [-0.05, 0) is 57.3 Å². The molecule has 1 aliphatic carbocycles. The van der Waals surface area contributed by atoms with Crippen LogP contribution in [-0.2, 0) is 9.59 Å². The van der Waals surface area contributed by atoms with E-state index >= 15 is 0 Å². The van der Waals surface area contributed by atoms with Gasteiger partial charge >= 0.3 is 5.96 Å². The lowest BCUT2D eigenvalue weighted by Gasteiger charge is -2.33. The average molecular weight is 455 g/mol. The first-order valence-corrected chi connectivity index (χ1v) is 11.4. The second kappa shape index (κ2) is 12.4. The Morgan fingerprint density at radius 1 is 1.09 bits per heavy atom. The number of nitrogens with two attached hydrogens (primary N) is 5. The Morgan fingerprint density at radius 3 is 2.41 bits per heavy atom. The van der Waals surface area contributed by atoms with E-state index in [0.29, 0.717) is 44.8 Å². The van der Waals surface area contributed by atoms with Gasteiger partial charge in [0, 0.05) is 19.0 Å². The summed E-state index contributed by atoms with van der Waals surface area (Å²) in [4.78, 5) is 28.7. The van der Waals surface area contributed by atoms with E-state index in [0.717, 1.165) is 32.1 Å². The lowest BCUT2D eigenvalue weighted by atomic mass is 9.81. The molecule has 0 aromatic heterocycles. The third kappa shape index (κ3) is 7.83. The number of aliphatic imine (C=N–C) groups is 1. The van der Waals surface area contributed by atoms with Gasteiger partial charge in [-0.1, -0.05) is 0 Å². The minimum absolute atomic E-state index is 0.0305. The van der Waals surface area contributed by atoms with Crippen LogP contribution in [0.3, 0.4) is 0 Å². The van der Waals surface area contributed by atoms with Crippen molar-refractivity contribution in [3.63, 3.8) is 0 Å². The van der Waals surface area contributed by atoms with E-state index in [9.17, 15) is 14.7 Å². The maximum atomic E-state index is 12.7. The van der Waals surface area contributed by atoms with Gasteiger partial charge in [-0.25, -0.2) is 4.58 Å². The molecule has 2 amide bonds. The van der Waals surface area contributed by atoms with Crippen LogP contribution in [0.2, 0.25) is 0 Å². The first-order valence-electron chi connectivity index (χ1n) is 11.4. The number of aliphatic hydroxyl groups is 1. The number of nitrogens with zero attached hydrogens (tertiary/aromatic N) is 2. The topological polar surface area (TPSA) is 224 Å². The van der Waals surface area contributed by atoms with E-state index in [2.05, 4.69) is 15.6 Å². The largest absolute Gasteiger partial charge is 0.370 e. The highest BCUT2D eigenvalue weighted by Gasteiger charge is 2.34. The van der Waals surface area contributed by atoms with Crippen molar-refractivity contribution >= 4 is 23.7 Å². The van der Waals surface area contributed by atoms with Gasteiger partial charge in [-0.3, -0.25) is 26.0 Å². The molecule has 0 spiro atoms. The van der Waals surface area contributed by atoms with Gasteiger partial charge in [0.2, 0.25) is 11.8 Å². The first-order chi connectivity index (χ1) is 15.2. The molecule has 1 aliphatic heterocycles. The minimum Gasteiger partial charge on any atom is -0.370 e. The number of hydrogen-bond acceptors (Lipinski definition) is 5. The number of carbonyl (C=O) groups is 2. The van der Waals surface area contributed by atoms with Crippen LogP contribution in [0.5, 0.6) is 0 Å². The fourth-order valence-corrected chi connectivity index (χ4v) is 4.36. The van der Waals surface area contributed by atoms with Gasteiger partial charge in [0.05, 0.1) is 18.6 Å². The van der Waals surface area contributed by atoms with Crippen molar-refractivity contribution in [1.82, 2.24) is 10.6 Å². The zero-order valence-corrected chi connectivity index (χ0v) is 18.7. The predicted octanol–water partition coefficient (Wildman–Crippen LogP) is -2.83. The van der Waals surface area contributed by atoms with E-state index < -0.39 is 12.3 Å². The van der Waals surface area contributed by atoms with Crippen LogP contribution in [0.15, 0.2) is 4.99 Å². The first kappa shape index (κ1) is 25.7. The van der Waals surface area contributed by atoms with Gasteiger partial charge in [0.15, 0.2) is 12.2 Å². The van der Waals surface area contributed by atoms with Gasteiger partial charge < -0.3 is 32.9 Å². The number of amides is 2. The second-order valence-electron chi connectivity index (χ2n) is 8.81. The van der Waals surface area contributed by atoms with Crippen molar-refractivity contribution in [1.29, 1.82) is 0 Å². The Bertz CT molecular complexity index is 696. The second-order valence-corrected chi connectivity index (χ2v) is 8.81. The molecule has 32 heavy (non-hydrogen) atoms. The fraction of sp³-hybridized carbons (Fsp3) is 0.800. The van der Waals surface area contributed by atoms with E-state index in [1.807, 2.05) is 0 Å². The Morgan fingerprint density at radius 2 is 1.78 bits per heavy atom. The van der Waals surface area contributed by atoms with Crippen molar-refractivity contribution in [2.24, 2.45) is 45.5 Å².